The second-order valence-corrected chi connectivity index (χ2v) is 9.56. The van der Waals surface area contributed by atoms with Crippen LogP contribution in [0.2, 0.25) is 0 Å². The van der Waals surface area contributed by atoms with E-state index in [2.05, 4.69) is 81.5 Å². The van der Waals surface area contributed by atoms with Crippen LogP contribution in [-0.4, -0.2) is 11.4 Å². The SMILES string of the molecule is CCCCCCCCC=Cc1ccc(N=C(CCCC)C(CCCCC)=Nc2ccccc2)cc1. The summed E-state index contributed by atoms with van der Waals surface area (Å²) in [6.07, 6.45) is 21.7. The number of allylic oxidation sites excluding steroid dienone is 1. The predicted octanol–water partition coefficient (Wildman–Crippen LogP) is 11.1. The van der Waals surface area contributed by atoms with Crippen LogP contribution in [0.1, 0.15) is 116 Å². The second-order valence-electron chi connectivity index (χ2n) is 9.56. The van der Waals surface area contributed by atoms with Gasteiger partial charge < -0.3 is 0 Å². The summed E-state index contributed by atoms with van der Waals surface area (Å²) in [4.78, 5) is 10.2. The number of unbranched alkanes of at least 4 members (excludes halogenated alkanes) is 9. The molecule has 0 aliphatic rings. The molecule has 0 unspecified atom stereocenters. The summed E-state index contributed by atoms with van der Waals surface area (Å²) in [7, 11) is 0. The number of para-hydroxylation sites is 1. The monoisotopic (exact) mass is 472 g/mol. The van der Waals surface area contributed by atoms with Crippen LogP contribution < -0.4 is 0 Å². The number of rotatable bonds is 18. The van der Waals surface area contributed by atoms with Gasteiger partial charge in [-0.05, 0) is 68.4 Å². The Kier molecular flexibility index (Phi) is 15.4. The summed E-state index contributed by atoms with van der Waals surface area (Å²) in [5.41, 5.74) is 5.61. The fourth-order valence-electron chi connectivity index (χ4n) is 4.15. The summed E-state index contributed by atoms with van der Waals surface area (Å²) in [6, 6.07) is 19.0. The van der Waals surface area contributed by atoms with Crippen LogP contribution >= 0.6 is 0 Å². The third-order valence-corrected chi connectivity index (χ3v) is 6.33. The van der Waals surface area contributed by atoms with E-state index in [9.17, 15) is 0 Å². The Bertz CT molecular complexity index is 875. The highest BCUT2D eigenvalue weighted by Crippen LogP contribution is 2.20. The Morgan fingerprint density at radius 2 is 1.11 bits per heavy atom. The van der Waals surface area contributed by atoms with Gasteiger partial charge in [0.1, 0.15) is 0 Å². The van der Waals surface area contributed by atoms with Gasteiger partial charge >= 0.3 is 0 Å². The van der Waals surface area contributed by atoms with Crippen molar-refractivity contribution in [2.24, 2.45) is 9.98 Å². The van der Waals surface area contributed by atoms with Crippen LogP contribution in [0.5, 0.6) is 0 Å². The summed E-state index contributed by atoms with van der Waals surface area (Å²) in [5, 5.41) is 0. The number of benzene rings is 2. The standard InChI is InChI=1S/C33H48N2/c1-4-7-10-11-12-13-14-17-20-29-25-27-31(28-26-29)35-32(23-9-6-3)33(24-16-8-5-2)34-30-21-18-15-19-22-30/h15,17-22,25-28H,4-14,16,23-24H2,1-3H3. The molecular formula is C33H48N2. The van der Waals surface area contributed by atoms with Crippen LogP contribution in [-0.2, 0) is 0 Å². The molecule has 0 bridgehead atoms. The molecule has 190 valence electrons. The second kappa shape index (κ2) is 18.8. The number of hydrogen-bond acceptors (Lipinski definition) is 2. The lowest BCUT2D eigenvalue weighted by Crippen LogP contribution is -2.14. The molecule has 0 saturated carbocycles. The molecule has 0 aliphatic carbocycles. The van der Waals surface area contributed by atoms with E-state index in [-0.39, 0.29) is 0 Å². The lowest BCUT2D eigenvalue weighted by atomic mass is 10.0. The average molecular weight is 473 g/mol. The third-order valence-electron chi connectivity index (χ3n) is 6.33. The van der Waals surface area contributed by atoms with E-state index < -0.39 is 0 Å². The van der Waals surface area contributed by atoms with Crippen molar-refractivity contribution in [1.29, 1.82) is 0 Å². The van der Waals surface area contributed by atoms with Gasteiger partial charge in [-0.3, -0.25) is 9.98 Å². The molecule has 2 heteroatoms. The maximum atomic E-state index is 5.12. The number of nitrogens with zero attached hydrogens (tertiary/aromatic N) is 2. The van der Waals surface area contributed by atoms with Gasteiger partial charge in [-0.25, -0.2) is 0 Å². The molecular weight excluding hydrogens is 424 g/mol. The zero-order valence-corrected chi connectivity index (χ0v) is 22.6. The van der Waals surface area contributed by atoms with E-state index in [1.165, 1.54) is 63.4 Å². The van der Waals surface area contributed by atoms with Crippen LogP contribution in [0, 0.1) is 0 Å². The highest BCUT2D eigenvalue weighted by atomic mass is 14.8. The summed E-state index contributed by atoms with van der Waals surface area (Å²) in [6.45, 7) is 6.77. The van der Waals surface area contributed by atoms with Crippen molar-refractivity contribution in [2.75, 3.05) is 0 Å². The van der Waals surface area contributed by atoms with E-state index in [1.807, 2.05) is 6.07 Å². The molecule has 0 saturated heterocycles. The molecule has 0 spiro atoms. The van der Waals surface area contributed by atoms with Crippen molar-refractivity contribution < 1.29 is 0 Å². The molecule has 2 rings (SSSR count). The van der Waals surface area contributed by atoms with Gasteiger partial charge in [0.05, 0.1) is 22.8 Å². The molecule has 0 heterocycles. The maximum absolute atomic E-state index is 5.12. The first-order valence-electron chi connectivity index (χ1n) is 14.2. The van der Waals surface area contributed by atoms with Crippen molar-refractivity contribution in [2.45, 2.75) is 111 Å². The Labute approximate surface area is 215 Å². The molecule has 0 aliphatic heterocycles. The first-order chi connectivity index (χ1) is 17.3. The van der Waals surface area contributed by atoms with Gasteiger partial charge in [-0.2, -0.15) is 0 Å². The quantitative estimate of drug-likeness (QED) is 0.152. The van der Waals surface area contributed by atoms with Gasteiger partial charge in [0.25, 0.3) is 0 Å². The average Bonchev–Trinajstić information content (AvgIpc) is 2.89. The lowest BCUT2D eigenvalue weighted by Gasteiger charge is -2.11. The molecule has 0 N–H and O–H groups in total. The minimum Gasteiger partial charge on any atom is -0.252 e. The van der Waals surface area contributed by atoms with Crippen LogP contribution in [0.3, 0.4) is 0 Å². The van der Waals surface area contributed by atoms with Crippen molar-refractivity contribution in [3.63, 3.8) is 0 Å². The molecule has 0 aromatic heterocycles. The number of aliphatic imine (C=N–C) groups is 2. The maximum Gasteiger partial charge on any atom is 0.0634 e. The normalized spacial score (nSPS) is 12.5. The molecule has 0 amide bonds. The lowest BCUT2D eigenvalue weighted by molar-refractivity contribution is 0.611. The third kappa shape index (κ3) is 12.7. The van der Waals surface area contributed by atoms with Crippen molar-refractivity contribution in [3.8, 4) is 0 Å². The molecule has 2 aromatic carbocycles. The fraction of sp³-hybridized carbons (Fsp3) is 0.515. The highest BCUT2D eigenvalue weighted by molar-refractivity contribution is 6.43. The van der Waals surface area contributed by atoms with Crippen LogP contribution in [0.25, 0.3) is 6.08 Å². The smallest absolute Gasteiger partial charge is 0.0634 e. The fourth-order valence-corrected chi connectivity index (χ4v) is 4.15. The van der Waals surface area contributed by atoms with E-state index in [0.717, 1.165) is 54.9 Å². The largest absolute Gasteiger partial charge is 0.252 e. The highest BCUT2D eigenvalue weighted by Gasteiger charge is 2.10. The van der Waals surface area contributed by atoms with Gasteiger partial charge in [0, 0.05) is 0 Å². The molecule has 2 aromatic rings. The van der Waals surface area contributed by atoms with Gasteiger partial charge in [-0.1, -0.05) is 115 Å². The number of hydrogen-bond donors (Lipinski definition) is 0. The van der Waals surface area contributed by atoms with Crippen molar-refractivity contribution in [1.82, 2.24) is 0 Å². The molecule has 35 heavy (non-hydrogen) atoms. The zero-order chi connectivity index (χ0) is 25.0. The molecule has 0 atom stereocenters. The predicted molar refractivity (Wildman–Crippen MR) is 158 cm³/mol. The zero-order valence-electron chi connectivity index (χ0n) is 22.6. The van der Waals surface area contributed by atoms with Gasteiger partial charge in [-0.15, -0.1) is 0 Å². The van der Waals surface area contributed by atoms with E-state index in [0.29, 0.717) is 0 Å². The first-order valence-corrected chi connectivity index (χ1v) is 14.2. The Hall–Kier alpha value is -2.48. The van der Waals surface area contributed by atoms with Crippen molar-refractivity contribution in [3.05, 3.63) is 66.2 Å². The molecule has 2 nitrogen and oxygen atoms in total. The van der Waals surface area contributed by atoms with E-state index in [4.69, 9.17) is 9.98 Å². The Morgan fingerprint density at radius 3 is 1.77 bits per heavy atom. The minimum atomic E-state index is 0.980. The van der Waals surface area contributed by atoms with Gasteiger partial charge in [0.2, 0.25) is 0 Å². The van der Waals surface area contributed by atoms with Gasteiger partial charge in [0.15, 0.2) is 0 Å². The van der Waals surface area contributed by atoms with Crippen LogP contribution in [0.15, 0.2) is 70.7 Å². The van der Waals surface area contributed by atoms with Crippen molar-refractivity contribution >= 4 is 28.9 Å². The Morgan fingerprint density at radius 1 is 0.571 bits per heavy atom. The summed E-state index contributed by atoms with van der Waals surface area (Å²) >= 11 is 0. The minimum absolute atomic E-state index is 0.980. The summed E-state index contributed by atoms with van der Waals surface area (Å²) < 4.78 is 0. The molecule has 0 fully saturated rings. The first kappa shape index (κ1) is 28.8. The summed E-state index contributed by atoms with van der Waals surface area (Å²) in [5.74, 6) is 0. The van der Waals surface area contributed by atoms with Crippen LogP contribution in [0.4, 0.5) is 11.4 Å². The van der Waals surface area contributed by atoms with E-state index >= 15 is 0 Å². The Balaban J connectivity index is 2.09. The topological polar surface area (TPSA) is 24.7 Å². The molecule has 0 radical (unpaired) electrons. The van der Waals surface area contributed by atoms with E-state index in [1.54, 1.807) is 0 Å².